The molecule has 0 bridgehead atoms. The number of nitrogens with one attached hydrogen (secondary N) is 1. The van der Waals surface area contributed by atoms with Gasteiger partial charge < -0.3 is 10.2 Å². The highest BCUT2D eigenvalue weighted by Gasteiger charge is 2.30. The van der Waals surface area contributed by atoms with Crippen LogP contribution in [0.25, 0.3) is 0 Å². The van der Waals surface area contributed by atoms with Crippen molar-refractivity contribution < 1.29 is 14.0 Å². The first kappa shape index (κ1) is 14.0. The number of benzene rings is 1. The van der Waals surface area contributed by atoms with Crippen LogP contribution in [0.5, 0.6) is 0 Å². The smallest absolute Gasteiger partial charge is 0.264 e. The van der Waals surface area contributed by atoms with Gasteiger partial charge in [-0.05, 0) is 30.5 Å². The molecule has 1 aromatic rings. The molecular weight excluding hydrogens is 271 g/mol. The van der Waals surface area contributed by atoms with Gasteiger partial charge in [0.15, 0.2) is 0 Å². The Labute approximate surface area is 123 Å². The second-order valence-electron chi connectivity index (χ2n) is 5.69. The summed E-state index contributed by atoms with van der Waals surface area (Å²) in [4.78, 5) is 17.4. The molecule has 0 saturated heterocycles. The van der Waals surface area contributed by atoms with E-state index in [0.717, 1.165) is 18.4 Å². The topological polar surface area (TPSA) is 50.7 Å². The fourth-order valence-corrected chi connectivity index (χ4v) is 2.87. The molecule has 0 aromatic heterocycles. The molecule has 1 atom stereocenters. The minimum atomic E-state index is -0.563. The quantitative estimate of drug-likeness (QED) is 0.930. The third-order valence-corrected chi connectivity index (χ3v) is 4.09. The predicted molar refractivity (Wildman–Crippen MR) is 77.4 cm³/mol. The van der Waals surface area contributed by atoms with E-state index in [1.54, 1.807) is 12.1 Å². The zero-order valence-corrected chi connectivity index (χ0v) is 11.8. The molecule has 1 saturated carbocycles. The molecule has 1 fully saturated rings. The summed E-state index contributed by atoms with van der Waals surface area (Å²) in [6.07, 6.45) is 5.57. The molecule has 3 rings (SSSR count). The van der Waals surface area contributed by atoms with Crippen LogP contribution in [0.3, 0.4) is 0 Å². The lowest BCUT2D eigenvalue weighted by molar-refractivity contribution is -0.132. The minimum Gasteiger partial charge on any atom is -0.382 e. The Morgan fingerprint density at radius 1 is 1.19 bits per heavy atom. The van der Waals surface area contributed by atoms with Gasteiger partial charge in [0.1, 0.15) is 5.82 Å². The summed E-state index contributed by atoms with van der Waals surface area (Å²) >= 11 is 0. The second-order valence-corrected chi connectivity index (χ2v) is 5.69. The lowest BCUT2D eigenvalue weighted by Crippen LogP contribution is -2.42. The number of hydrogen-bond acceptors (Lipinski definition) is 3. The zero-order chi connectivity index (χ0) is 14.7. The Kier molecular flexibility index (Phi) is 4.18. The monoisotopic (exact) mass is 290 g/mol. The average molecular weight is 290 g/mol. The normalized spacial score (nSPS) is 22.5. The third-order valence-electron chi connectivity index (χ3n) is 4.09. The number of nitrogens with zero attached hydrogens (tertiary/aromatic N) is 1. The van der Waals surface area contributed by atoms with Crippen molar-refractivity contribution in [3.63, 3.8) is 0 Å². The summed E-state index contributed by atoms with van der Waals surface area (Å²) in [6.45, 7) is 0. The Balaban J connectivity index is 1.55. The van der Waals surface area contributed by atoms with Gasteiger partial charge in [-0.25, -0.2) is 4.39 Å². The van der Waals surface area contributed by atoms with Gasteiger partial charge in [-0.1, -0.05) is 36.6 Å². The molecule has 1 heterocycles. The lowest BCUT2D eigenvalue weighted by Gasteiger charge is -2.23. The Hall–Kier alpha value is -1.91. The maximum Gasteiger partial charge on any atom is 0.264 e. The molecule has 1 aromatic carbocycles. The molecule has 21 heavy (non-hydrogen) atoms. The van der Waals surface area contributed by atoms with Crippen LogP contribution >= 0.6 is 0 Å². The predicted octanol–water partition coefficient (Wildman–Crippen LogP) is 2.77. The fourth-order valence-electron chi connectivity index (χ4n) is 2.87. The van der Waals surface area contributed by atoms with Crippen molar-refractivity contribution in [2.75, 3.05) is 0 Å². The number of amides is 1. The van der Waals surface area contributed by atoms with E-state index in [2.05, 4.69) is 10.5 Å². The van der Waals surface area contributed by atoms with Crippen molar-refractivity contribution >= 4 is 11.6 Å². The van der Waals surface area contributed by atoms with Crippen LogP contribution in [0.2, 0.25) is 0 Å². The Bertz CT molecular complexity index is 536. The molecule has 0 radical (unpaired) electrons. The summed E-state index contributed by atoms with van der Waals surface area (Å²) < 4.78 is 12.9. The van der Waals surface area contributed by atoms with Gasteiger partial charge in [0.05, 0.1) is 5.71 Å². The maximum atomic E-state index is 12.9. The Morgan fingerprint density at radius 3 is 2.62 bits per heavy atom. The average Bonchev–Trinajstić information content (AvgIpc) is 2.99. The van der Waals surface area contributed by atoms with Gasteiger partial charge >= 0.3 is 0 Å². The SMILES string of the molecule is O=C(NC1CCCCC1)[C@@H]1CC(c2ccc(F)cc2)=NO1. The fraction of sp³-hybridized carbons (Fsp3) is 0.500. The van der Waals surface area contributed by atoms with Crippen LogP contribution in [0, 0.1) is 5.82 Å². The second kappa shape index (κ2) is 6.24. The van der Waals surface area contributed by atoms with Crippen molar-refractivity contribution in [2.45, 2.75) is 50.7 Å². The molecule has 0 spiro atoms. The summed E-state index contributed by atoms with van der Waals surface area (Å²) in [5, 5.41) is 7.01. The van der Waals surface area contributed by atoms with Gasteiger partial charge in [-0.3, -0.25) is 4.79 Å². The van der Waals surface area contributed by atoms with E-state index in [1.165, 1.54) is 31.4 Å². The van der Waals surface area contributed by atoms with Gasteiger partial charge in [0.2, 0.25) is 6.10 Å². The van der Waals surface area contributed by atoms with E-state index in [9.17, 15) is 9.18 Å². The van der Waals surface area contributed by atoms with Crippen molar-refractivity contribution in [3.05, 3.63) is 35.6 Å². The van der Waals surface area contributed by atoms with Gasteiger partial charge in [-0.2, -0.15) is 0 Å². The van der Waals surface area contributed by atoms with Gasteiger partial charge in [-0.15, -0.1) is 0 Å². The molecule has 5 heteroatoms. The number of oxime groups is 1. The van der Waals surface area contributed by atoms with E-state index in [4.69, 9.17) is 4.84 Å². The maximum absolute atomic E-state index is 12.9. The summed E-state index contributed by atoms with van der Waals surface area (Å²) in [6, 6.07) is 6.34. The minimum absolute atomic E-state index is 0.0947. The van der Waals surface area contributed by atoms with Crippen LogP contribution in [0.1, 0.15) is 44.1 Å². The van der Waals surface area contributed by atoms with E-state index in [0.29, 0.717) is 12.1 Å². The number of hydrogen-bond donors (Lipinski definition) is 1. The molecule has 4 nitrogen and oxygen atoms in total. The van der Waals surface area contributed by atoms with Crippen LogP contribution in [-0.4, -0.2) is 23.8 Å². The van der Waals surface area contributed by atoms with Gasteiger partial charge in [0, 0.05) is 12.5 Å². The van der Waals surface area contributed by atoms with E-state index < -0.39 is 6.10 Å². The molecule has 2 aliphatic rings. The molecule has 1 aliphatic carbocycles. The number of carbonyl (C=O) groups excluding carboxylic acids is 1. The largest absolute Gasteiger partial charge is 0.382 e. The number of rotatable bonds is 3. The van der Waals surface area contributed by atoms with Crippen LogP contribution < -0.4 is 5.32 Å². The highest BCUT2D eigenvalue weighted by molar-refractivity contribution is 6.04. The van der Waals surface area contributed by atoms with E-state index in [1.807, 2.05) is 0 Å². The number of halogens is 1. The van der Waals surface area contributed by atoms with Crippen molar-refractivity contribution in [1.82, 2.24) is 5.32 Å². The zero-order valence-electron chi connectivity index (χ0n) is 11.8. The van der Waals surface area contributed by atoms with Crippen molar-refractivity contribution in [1.29, 1.82) is 0 Å². The molecule has 1 N–H and O–H groups in total. The molecule has 0 unspecified atom stereocenters. The summed E-state index contributed by atoms with van der Waals surface area (Å²) in [7, 11) is 0. The molecule has 1 amide bonds. The summed E-state index contributed by atoms with van der Waals surface area (Å²) in [5.74, 6) is -0.382. The van der Waals surface area contributed by atoms with E-state index in [-0.39, 0.29) is 17.8 Å². The molecular formula is C16H19FN2O2. The van der Waals surface area contributed by atoms with Crippen LogP contribution in [0.15, 0.2) is 29.4 Å². The first-order chi connectivity index (χ1) is 10.2. The first-order valence-electron chi connectivity index (χ1n) is 7.51. The van der Waals surface area contributed by atoms with Crippen molar-refractivity contribution in [3.8, 4) is 0 Å². The van der Waals surface area contributed by atoms with Crippen molar-refractivity contribution in [2.24, 2.45) is 5.16 Å². The molecule has 1 aliphatic heterocycles. The van der Waals surface area contributed by atoms with E-state index >= 15 is 0 Å². The standard InChI is InChI=1S/C16H19FN2O2/c17-12-8-6-11(7-9-12)14-10-15(21-19-14)16(20)18-13-4-2-1-3-5-13/h6-9,13,15H,1-5,10H2,(H,18,20)/t15-/m0/s1. The van der Waals surface area contributed by atoms with Crippen LogP contribution in [-0.2, 0) is 9.63 Å². The third kappa shape index (κ3) is 3.40. The lowest BCUT2D eigenvalue weighted by atomic mass is 9.95. The van der Waals surface area contributed by atoms with Crippen LogP contribution in [0.4, 0.5) is 4.39 Å². The highest BCUT2D eigenvalue weighted by Crippen LogP contribution is 2.20. The molecule has 112 valence electrons. The van der Waals surface area contributed by atoms with Gasteiger partial charge in [0.25, 0.3) is 5.91 Å². The highest BCUT2D eigenvalue weighted by atomic mass is 19.1. The first-order valence-corrected chi connectivity index (χ1v) is 7.51. The number of carbonyl (C=O) groups is 1. The summed E-state index contributed by atoms with van der Waals surface area (Å²) in [5.41, 5.74) is 1.49. The Morgan fingerprint density at radius 2 is 1.90 bits per heavy atom.